The van der Waals surface area contributed by atoms with Gasteiger partial charge in [0, 0.05) is 19.8 Å². The van der Waals surface area contributed by atoms with Gasteiger partial charge >= 0.3 is 0 Å². The lowest BCUT2D eigenvalue weighted by Gasteiger charge is -2.18. The molecule has 2 aromatic carbocycles. The number of ether oxygens (including phenoxy) is 1. The van der Waals surface area contributed by atoms with Gasteiger partial charge in [-0.1, -0.05) is 12.1 Å². The number of aromatic nitrogens is 3. The highest BCUT2D eigenvalue weighted by Gasteiger charge is 2.15. The second-order valence-corrected chi connectivity index (χ2v) is 5.24. The van der Waals surface area contributed by atoms with Gasteiger partial charge in [0.05, 0.1) is 12.8 Å². The summed E-state index contributed by atoms with van der Waals surface area (Å²) in [6, 6.07) is 13.8. The van der Waals surface area contributed by atoms with Crippen molar-refractivity contribution in [3.05, 3.63) is 54.3 Å². The maximum Gasteiger partial charge on any atom is 0.232 e. The molecule has 0 aliphatic carbocycles. The van der Waals surface area contributed by atoms with E-state index < -0.39 is 0 Å². The highest BCUT2D eigenvalue weighted by atomic mass is 19.1. The van der Waals surface area contributed by atoms with Gasteiger partial charge in [-0.3, -0.25) is 4.57 Å². The van der Waals surface area contributed by atoms with Crippen LogP contribution < -0.4 is 15.0 Å². The Bertz CT molecular complexity index is 831. The predicted octanol–water partition coefficient (Wildman–Crippen LogP) is 3.47. The van der Waals surface area contributed by atoms with Crippen LogP contribution in [-0.4, -0.2) is 28.9 Å². The smallest absolute Gasteiger partial charge is 0.232 e. The zero-order valence-corrected chi connectivity index (χ0v) is 13.7. The van der Waals surface area contributed by atoms with Gasteiger partial charge in [-0.25, -0.2) is 4.39 Å². The maximum atomic E-state index is 13.1. The van der Waals surface area contributed by atoms with E-state index in [-0.39, 0.29) is 5.82 Å². The third kappa shape index (κ3) is 3.01. The lowest BCUT2D eigenvalue weighted by Crippen LogP contribution is -2.14. The van der Waals surface area contributed by atoms with Crippen LogP contribution in [-0.2, 0) is 7.05 Å². The van der Waals surface area contributed by atoms with Crippen molar-refractivity contribution >= 4 is 23.3 Å². The standard InChI is InChI=1S/C17H18FN5O/c1-22(13-10-8-12(18)9-11-13)17-21-20-16(23(17)2)19-14-6-4-5-7-15(14)24-3/h4-11H,1-3H3,(H,19,20). The zero-order chi connectivity index (χ0) is 17.1. The maximum absolute atomic E-state index is 13.1. The number of anilines is 4. The lowest BCUT2D eigenvalue weighted by molar-refractivity contribution is 0.416. The largest absolute Gasteiger partial charge is 0.495 e. The molecule has 0 saturated heterocycles. The van der Waals surface area contributed by atoms with Crippen molar-refractivity contribution in [3.63, 3.8) is 0 Å². The highest BCUT2D eigenvalue weighted by Crippen LogP contribution is 2.28. The Hall–Kier alpha value is -3.09. The van der Waals surface area contributed by atoms with E-state index in [9.17, 15) is 4.39 Å². The fourth-order valence-electron chi connectivity index (χ4n) is 2.37. The quantitative estimate of drug-likeness (QED) is 0.777. The first-order chi connectivity index (χ1) is 11.6. The van der Waals surface area contributed by atoms with Crippen molar-refractivity contribution in [1.82, 2.24) is 14.8 Å². The van der Waals surface area contributed by atoms with Crippen molar-refractivity contribution < 1.29 is 9.13 Å². The fraction of sp³-hybridized carbons (Fsp3) is 0.176. The van der Waals surface area contributed by atoms with Crippen LogP contribution in [0, 0.1) is 5.82 Å². The highest BCUT2D eigenvalue weighted by molar-refractivity contribution is 5.64. The van der Waals surface area contributed by atoms with E-state index in [0.29, 0.717) is 17.6 Å². The molecule has 24 heavy (non-hydrogen) atoms. The molecule has 0 radical (unpaired) electrons. The molecule has 0 saturated carbocycles. The molecule has 0 atom stereocenters. The van der Waals surface area contributed by atoms with Crippen molar-refractivity contribution in [2.75, 3.05) is 24.4 Å². The van der Waals surface area contributed by atoms with Crippen molar-refractivity contribution in [2.45, 2.75) is 0 Å². The van der Waals surface area contributed by atoms with Crippen LogP contribution in [0.15, 0.2) is 48.5 Å². The van der Waals surface area contributed by atoms with Gasteiger partial charge in [0.1, 0.15) is 11.6 Å². The van der Waals surface area contributed by atoms with Crippen molar-refractivity contribution in [1.29, 1.82) is 0 Å². The molecule has 0 unspecified atom stereocenters. The molecule has 1 aromatic heterocycles. The molecular weight excluding hydrogens is 309 g/mol. The average Bonchev–Trinajstić information content (AvgIpc) is 2.96. The number of halogens is 1. The molecule has 7 heteroatoms. The van der Waals surface area contributed by atoms with Gasteiger partial charge in [-0.05, 0) is 36.4 Å². The minimum absolute atomic E-state index is 0.274. The van der Waals surface area contributed by atoms with Gasteiger partial charge in [0.25, 0.3) is 0 Å². The summed E-state index contributed by atoms with van der Waals surface area (Å²) < 4.78 is 20.2. The number of hydrogen-bond acceptors (Lipinski definition) is 5. The molecule has 3 rings (SSSR count). The van der Waals surface area contributed by atoms with Crippen molar-refractivity contribution in [2.24, 2.45) is 7.05 Å². The SMILES string of the molecule is COc1ccccc1Nc1nnc(N(C)c2ccc(F)cc2)n1C. The van der Waals surface area contributed by atoms with Gasteiger partial charge < -0.3 is 15.0 Å². The number of rotatable bonds is 5. The fourth-order valence-corrected chi connectivity index (χ4v) is 2.37. The van der Waals surface area contributed by atoms with Crippen LogP contribution >= 0.6 is 0 Å². The Balaban J connectivity index is 1.87. The molecule has 0 bridgehead atoms. The summed E-state index contributed by atoms with van der Waals surface area (Å²) in [6.45, 7) is 0. The molecule has 0 amide bonds. The number of benzene rings is 2. The molecule has 3 aromatic rings. The topological polar surface area (TPSA) is 55.2 Å². The zero-order valence-electron chi connectivity index (χ0n) is 13.7. The second kappa shape index (κ2) is 6.57. The molecule has 1 N–H and O–H groups in total. The third-order valence-electron chi connectivity index (χ3n) is 3.72. The summed E-state index contributed by atoms with van der Waals surface area (Å²) in [6.07, 6.45) is 0. The van der Waals surface area contributed by atoms with Crippen LogP contribution in [0.5, 0.6) is 5.75 Å². The van der Waals surface area contributed by atoms with Crippen molar-refractivity contribution in [3.8, 4) is 5.75 Å². The van der Waals surface area contributed by atoms with E-state index in [1.807, 2.05) is 47.8 Å². The summed E-state index contributed by atoms with van der Waals surface area (Å²) in [5.74, 6) is 1.64. The first-order valence-electron chi connectivity index (χ1n) is 7.39. The molecule has 0 fully saturated rings. The van der Waals surface area contributed by atoms with Gasteiger partial charge in [-0.2, -0.15) is 0 Å². The number of para-hydroxylation sites is 2. The van der Waals surface area contributed by atoms with E-state index in [1.54, 1.807) is 19.2 Å². The van der Waals surface area contributed by atoms with Gasteiger partial charge in [0.2, 0.25) is 11.9 Å². The minimum Gasteiger partial charge on any atom is -0.495 e. The normalized spacial score (nSPS) is 10.5. The molecular formula is C17H18FN5O. The van der Waals surface area contributed by atoms with E-state index >= 15 is 0 Å². The Labute approximate surface area is 139 Å². The number of methoxy groups -OCH3 is 1. The molecule has 124 valence electrons. The van der Waals surface area contributed by atoms with E-state index in [4.69, 9.17) is 4.74 Å². The van der Waals surface area contributed by atoms with Gasteiger partial charge in [0.15, 0.2) is 0 Å². The summed E-state index contributed by atoms with van der Waals surface area (Å²) in [4.78, 5) is 1.83. The Morgan fingerprint density at radius 2 is 1.79 bits per heavy atom. The van der Waals surface area contributed by atoms with Crippen LogP contribution in [0.25, 0.3) is 0 Å². The van der Waals surface area contributed by atoms with Gasteiger partial charge in [-0.15, -0.1) is 10.2 Å². The molecule has 0 aliphatic rings. The summed E-state index contributed by atoms with van der Waals surface area (Å²) in [5, 5.41) is 11.6. The first-order valence-corrected chi connectivity index (χ1v) is 7.39. The Morgan fingerprint density at radius 1 is 1.08 bits per heavy atom. The molecule has 0 aliphatic heterocycles. The Morgan fingerprint density at radius 3 is 2.50 bits per heavy atom. The summed E-state index contributed by atoms with van der Waals surface area (Å²) in [5.41, 5.74) is 1.61. The third-order valence-corrected chi connectivity index (χ3v) is 3.72. The molecule has 1 heterocycles. The summed E-state index contributed by atoms with van der Waals surface area (Å²) in [7, 11) is 5.32. The lowest BCUT2D eigenvalue weighted by atomic mass is 10.3. The minimum atomic E-state index is -0.274. The van der Waals surface area contributed by atoms with Crippen LogP contribution in [0.2, 0.25) is 0 Å². The average molecular weight is 327 g/mol. The van der Waals surface area contributed by atoms with E-state index in [2.05, 4.69) is 15.5 Å². The van der Waals surface area contributed by atoms with Crippen LogP contribution in [0.3, 0.4) is 0 Å². The predicted molar refractivity (Wildman–Crippen MR) is 91.7 cm³/mol. The van der Waals surface area contributed by atoms with E-state index in [1.165, 1.54) is 12.1 Å². The van der Waals surface area contributed by atoms with Crippen LogP contribution in [0.1, 0.15) is 0 Å². The number of hydrogen-bond donors (Lipinski definition) is 1. The summed E-state index contributed by atoms with van der Waals surface area (Å²) >= 11 is 0. The monoisotopic (exact) mass is 327 g/mol. The molecule has 0 spiro atoms. The Kier molecular flexibility index (Phi) is 4.33. The van der Waals surface area contributed by atoms with Crippen LogP contribution in [0.4, 0.5) is 27.7 Å². The first kappa shape index (κ1) is 15.8. The second-order valence-electron chi connectivity index (χ2n) is 5.24. The number of nitrogens with zero attached hydrogens (tertiary/aromatic N) is 4. The van der Waals surface area contributed by atoms with E-state index in [0.717, 1.165) is 11.4 Å². The number of nitrogens with one attached hydrogen (secondary N) is 1. The molecule has 6 nitrogen and oxygen atoms in total.